The monoisotopic (exact) mass is 239 g/mol. The van der Waals surface area contributed by atoms with Crippen molar-refractivity contribution in [3.8, 4) is 11.4 Å². The van der Waals surface area contributed by atoms with E-state index in [4.69, 9.17) is 27.0 Å². The fourth-order valence-corrected chi connectivity index (χ4v) is 1.44. The van der Waals surface area contributed by atoms with Crippen LogP contribution >= 0.6 is 11.6 Å². The van der Waals surface area contributed by atoms with Gasteiger partial charge in [0.2, 0.25) is 11.7 Å². The number of nitrogens with two attached hydrogens (primary N) is 1. The third-order valence-electron chi connectivity index (χ3n) is 2.07. The van der Waals surface area contributed by atoms with E-state index < -0.39 is 6.04 Å². The van der Waals surface area contributed by atoms with E-state index in [0.29, 0.717) is 16.4 Å². The number of aromatic nitrogens is 2. The van der Waals surface area contributed by atoms with Crippen LogP contribution in [0.25, 0.3) is 11.4 Å². The third kappa shape index (κ3) is 2.06. The van der Waals surface area contributed by atoms with Crippen molar-refractivity contribution < 1.29 is 9.63 Å². The van der Waals surface area contributed by atoms with E-state index in [2.05, 4.69) is 10.1 Å². The zero-order valence-corrected chi connectivity index (χ0v) is 9.05. The first kappa shape index (κ1) is 11.1. The Bertz CT molecular complexity index is 486. The van der Waals surface area contributed by atoms with Crippen LogP contribution in [-0.4, -0.2) is 21.9 Å². The van der Waals surface area contributed by atoms with Crippen molar-refractivity contribution in [2.45, 2.75) is 6.04 Å². The van der Waals surface area contributed by atoms with E-state index in [1.54, 1.807) is 12.1 Å². The maximum absolute atomic E-state index is 8.84. The van der Waals surface area contributed by atoms with Gasteiger partial charge in [0.1, 0.15) is 6.04 Å². The first-order chi connectivity index (χ1) is 7.72. The second-order valence-corrected chi connectivity index (χ2v) is 3.63. The van der Waals surface area contributed by atoms with Crippen molar-refractivity contribution in [2.24, 2.45) is 5.73 Å². The Morgan fingerprint density at radius 3 is 2.88 bits per heavy atom. The van der Waals surface area contributed by atoms with Crippen LogP contribution in [0.4, 0.5) is 0 Å². The lowest BCUT2D eigenvalue weighted by Gasteiger charge is -1.99. The molecule has 0 fully saturated rings. The summed E-state index contributed by atoms with van der Waals surface area (Å²) in [6.07, 6.45) is 0. The maximum atomic E-state index is 8.84. The molecule has 2 aromatic rings. The molecule has 1 unspecified atom stereocenters. The highest BCUT2D eigenvalue weighted by molar-refractivity contribution is 6.33. The molecule has 0 radical (unpaired) electrons. The SMILES string of the molecule is NC(CO)c1nc(-c2ccccc2Cl)no1. The highest BCUT2D eigenvalue weighted by Crippen LogP contribution is 2.25. The summed E-state index contributed by atoms with van der Waals surface area (Å²) in [6.45, 7) is -0.246. The molecule has 0 saturated carbocycles. The van der Waals surface area contributed by atoms with Gasteiger partial charge in [0, 0.05) is 5.56 Å². The fraction of sp³-hybridized carbons (Fsp3) is 0.200. The van der Waals surface area contributed by atoms with Crippen LogP contribution in [0.1, 0.15) is 11.9 Å². The molecule has 0 bridgehead atoms. The molecule has 3 N–H and O–H groups in total. The normalized spacial score (nSPS) is 12.7. The third-order valence-corrected chi connectivity index (χ3v) is 2.40. The minimum absolute atomic E-state index is 0.192. The molecule has 0 aliphatic heterocycles. The predicted octanol–water partition coefficient (Wildman–Crippen LogP) is 1.38. The van der Waals surface area contributed by atoms with E-state index in [-0.39, 0.29) is 12.5 Å². The number of hydrogen-bond donors (Lipinski definition) is 2. The lowest BCUT2D eigenvalue weighted by atomic mass is 10.2. The minimum atomic E-state index is -0.663. The highest BCUT2D eigenvalue weighted by atomic mass is 35.5. The average Bonchev–Trinajstić information content (AvgIpc) is 2.78. The van der Waals surface area contributed by atoms with Crippen molar-refractivity contribution in [1.29, 1.82) is 0 Å². The largest absolute Gasteiger partial charge is 0.394 e. The molecule has 2 rings (SSSR count). The number of aliphatic hydroxyl groups is 1. The number of halogens is 1. The zero-order valence-electron chi connectivity index (χ0n) is 8.30. The molecule has 84 valence electrons. The number of nitrogens with zero attached hydrogens (tertiary/aromatic N) is 2. The van der Waals surface area contributed by atoms with E-state index >= 15 is 0 Å². The lowest BCUT2D eigenvalue weighted by Crippen LogP contribution is -2.14. The molecule has 1 atom stereocenters. The lowest BCUT2D eigenvalue weighted by molar-refractivity contribution is 0.237. The van der Waals surface area contributed by atoms with Crippen LogP contribution in [0.15, 0.2) is 28.8 Å². The second kappa shape index (κ2) is 4.61. The number of aliphatic hydroxyl groups excluding tert-OH is 1. The van der Waals surface area contributed by atoms with Crippen LogP contribution in [0.5, 0.6) is 0 Å². The smallest absolute Gasteiger partial charge is 0.246 e. The molecule has 1 aromatic carbocycles. The van der Waals surface area contributed by atoms with E-state index in [1.165, 1.54) is 0 Å². The molecule has 1 aromatic heterocycles. The summed E-state index contributed by atoms with van der Waals surface area (Å²) in [4.78, 5) is 4.06. The molecule has 5 nitrogen and oxygen atoms in total. The molecular weight excluding hydrogens is 230 g/mol. The summed E-state index contributed by atoms with van der Waals surface area (Å²) in [6, 6.07) is 6.49. The van der Waals surface area contributed by atoms with E-state index in [9.17, 15) is 0 Å². The Morgan fingerprint density at radius 2 is 2.19 bits per heavy atom. The van der Waals surface area contributed by atoms with Gasteiger partial charge >= 0.3 is 0 Å². The van der Waals surface area contributed by atoms with Crippen molar-refractivity contribution in [3.05, 3.63) is 35.2 Å². The molecule has 0 saturated heterocycles. The first-order valence-electron chi connectivity index (χ1n) is 4.67. The van der Waals surface area contributed by atoms with Gasteiger partial charge in [-0.2, -0.15) is 4.98 Å². The van der Waals surface area contributed by atoms with Crippen LogP contribution in [0, 0.1) is 0 Å². The van der Waals surface area contributed by atoms with Gasteiger partial charge in [-0.05, 0) is 12.1 Å². The fourth-order valence-electron chi connectivity index (χ4n) is 1.22. The number of hydrogen-bond acceptors (Lipinski definition) is 5. The van der Waals surface area contributed by atoms with Crippen LogP contribution in [0.2, 0.25) is 5.02 Å². The van der Waals surface area contributed by atoms with Gasteiger partial charge in [-0.15, -0.1) is 0 Å². The molecule has 0 aliphatic rings. The first-order valence-corrected chi connectivity index (χ1v) is 5.05. The Morgan fingerprint density at radius 1 is 1.44 bits per heavy atom. The van der Waals surface area contributed by atoms with Crippen molar-refractivity contribution in [3.63, 3.8) is 0 Å². The Balaban J connectivity index is 2.35. The topological polar surface area (TPSA) is 85.2 Å². The Labute approximate surface area is 96.8 Å². The van der Waals surface area contributed by atoms with Gasteiger partial charge in [0.15, 0.2) is 0 Å². The van der Waals surface area contributed by atoms with E-state index in [1.807, 2.05) is 12.1 Å². The Kier molecular flexibility index (Phi) is 3.19. The zero-order chi connectivity index (χ0) is 11.5. The summed E-state index contributed by atoms with van der Waals surface area (Å²) in [5.74, 6) is 0.557. The summed E-state index contributed by atoms with van der Waals surface area (Å²) >= 11 is 5.98. The summed E-state index contributed by atoms with van der Waals surface area (Å²) in [7, 11) is 0. The standard InChI is InChI=1S/C10H10ClN3O2/c11-7-4-2-1-3-6(7)9-13-10(16-14-9)8(12)5-15/h1-4,8,15H,5,12H2. The number of rotatable bonds is 3. The van der Waals surface area contributed by atoms with Gasteiger partial charge < -0.3 is 15.4 Å². The molecule has 0 spiro atoms. The maximum Gasteiger partial charge on any atom is 0.246 e. The van der Waals surface area contributed by atoms with Crippen LogP contribution in [-0.2, 0) is 0 Å². The highest BCUT2D eigenvalue weighted by Gasteiger charge is 2.15. The average molecular weight is 240 g/mol. The van der Waals surface area contributed by atoms with Gasteiger partial charge in [-0.3, -0.25) is 0 Å². The number of benzene rings is 1. The van der Waals surface area contributed by atoms with Crippen LogP contribution in [0.3, 0.4) is 0 Å². The van der Waals surface area contributed by atoms with Crippen molar-refractivity contribution in [1.82, 2.24) is 10.1 Å². The van der Waals surface area contributed by atoms with Gasteiger partial charge in [-0.25, -0.2) is 0 Å². The van der Waals surface area contributed by atoms with Crippen molar-refractivity contribution >= 4 is 11.6 Å². The van der Waals surface area contributed by atoms with Crippen molar-refractivity contribution in [2.75, 3.05) is 6.61 Å². The summed E-state index contributed by atoms with van der Waals surface area (Å²) in [5.41, 5.74) is 6.22. The predicted molar refractivity (Wildman–Crippen MR) is 58.8 cm³/mol. The van der Waals surface area contributed by atoms with Gasteiger partial charge in [0.05, 0.1) is 11.6 Å². The second-order valence-electron chi connectivity index (χ2n) is 3.23. The quantitative estimate of drug-likeness (QED) is 0.845. The van der Waals surface area contributed by atoms with Gasteiger partial charge in [0.25, 0.3) is 0 Å². The molecule has 6 heteroatoms. The van der Waals surface area contributed by atoms with Crippen LogP contribution < -0.4 is 5.73 Å². The Hall–Kier alpha value is -1.43. The van der Waals surface area contributed by atoms with Gasteiger partial charge in [-0.1, -0.05) is 28.9 Å². The molecular formula is C10H10ClN3O2. The summed E-state index contributed by atoms with van der Waals surface area (Å²) < 4.78 is 4.92. The molecule has 0 amide bonds. The van der Waals surface area contributed by atoms with E-state index in [0.717, 1.165) is 0 Å². The minimum Gasteiger partial charge on any atom is -0.394 e. The summed E-state index contributed by atoms with van der Waals surface area (Å²) in [5, 5.41) is 13.1. The molecule has 0 aliphatic carbocycles. The molecule has 16 heavy (non-hydrogen) atoms. The molecule has 1 heterocycles.